The summed E-state index contributed by atoms with van der Waals surface area (Å²) in [4.78, 5) is 36.1. The molecule has 0 radical (unpaired) electrons. The van der Waals surface area contributed by atoms with Crippen molar-refractivity contribution < 1.29 is 23.9 Å². The zero-order chi connectivity index (χ0) is 21.9. The van der Waals surface area contributed by atoms with Crippen LogP contribution in [0.3, 0.4) is 0 Å². The topological polar surface area (TPSA) is 118 Å². The van der Waals surface area contributed by atoms with Crippen LogP contribution in [0.15, 0.2) is 60.3 Å². The molecular weight excluding hydrogens is 386 g/mol. The molecule has 2 aromatic rings. The van der Waals surface area contributed by atoms with E-state index in [0.29, 0.717) is 16.9 Å². The average Bonchev–Trinajstić information content (AvgIpc) is 2.75. The monoisotopic (exact) mass is 407 g/mol. The van der Waals surface area contributed by atoms with E-state index in [4.69, 9.17) is 9.47 Å². The Balaban J connectivity index is 2.10. The zero-order valence-electron chi connectivity index (χ0n) is 16.6. The second-order valence-corrected chi connectivity index (χ2v) is 5.83. The van der Waals surface area contributed by atoms with E-state index in [1.165, 1.54) is 30.5 Å². The smallest absolute Gasteiger partial charge is 0.340 e. The van der Waals surface area contributed by atoms with Gasteiger partial charge in [-0.2, -0.15) is 5.26 Å². The number of nitrogens with one attached hydrogen (secondary N) is 2. The van der Waals surface area contributed by atoms with Gasteiger partial charge in [0, 0.05) is 11.9 Å². The third kappa shape index (κ3) is 5.94. The molecule has 0 saturated carbocycles. The third-order valence-corrected chi connectivity index (χ3v) is 3.81. The van der Waals surface area contributed by atoms with Crippen molar-refractivity contribution in [3.05, 3.63) is 71.4 Å². The Labute approximate surface area is 174 Å². The molecule has 154 valence electrons. The summed E-state index contributed by atoms with van der Waals surface area (Å²) in [7, 11) is 0. The van der Waals surface area contributed by atoms with Crippen molar-refractivity contribution in [1.29, 1.82) is 5.26 Å². The summed E-state index contributed by atoms with van der Waals surface area (Å²) in [5.41, 5.74) is 1.23. The minimum Gasteiger partial charge on any atom is -0.462 e. The van der Waals surface area contributed by atoms with E-state index in [2.05, 4.69) is 10.6 Å². The van der Waals surface area contributed by atoms with Gasteiger partial charge >= 0.3 is 11.9 Å². The molecule has 0 saturated heterocycles. The Hall–Kier alpha value is -4.12. The molecule has 0 spiro atoms. The summed E-state index contributed by atoms with van der Waals surface area (Å²) in [5.74, 6) is -1.63. The van der Waals surface area contributed by atoms with Crippen molar-refractivity contribution in [1.82, 2.24) is 0 Å². The number of benzene rings is 2. The highest BCUT2D eigenvalue weighted by Gasteiger charge is 2.13. The first kappa shape index (κ1) is 22.2. The molecule has 0 aliphatic heterocycles. The molecule has 2 aromatic carbocycles. The van der Waals surface area contributed by atoms with E-state index >= 15 is 0 Å². The maximum absolute atomic E-state index is 12.4. The third-order valence-electron chi connectivity index (χ3n) is 3.81. The molecule has 2 rings (SSSR count). The second kappa shape index (κ2) is 11.0. The molecular formula is C22H21N3O5. The molecule has 30 heavy (non-hydrogen) atoms. The normalized spacial score (nSPS) is 10.5. The Morgan fingerprint density at radius 3 is 2.23 bits per heavy atom. The number of hydrogen-bond acceptors (Lipinski definition) is 7. The first-order valence-electron chi connectivity index (χ1n) is 9.21. The van der Waals surface area contributed by atoms with Crippen molar-refractivity contribution in [3.63, 3.8) is 0 Å². The minimum atomic E-state index is -0.650. The molecule has 0 fully saturated rings. The second-order valence-electron chi connectivity index (χ2n) is 5.83. The number of anilines is 2. The Morgan fingerprint density at radius 2 is 1.60 bits per heavy atom. The summed E-state index contributed by atoms with van der Waals surface area (Å²) in [6.45, 7) is 3.90. The highest BCUT2D eigenvalue weighted by molar-refractivity contribution is 6.07. The average molecular weight is 407 g/mol. The van der Waals surface area contributed by atoms with Gasteiger partial charge in [0.1, 0.15) is 11.6 Å². The predicted octanol–water partition coefficient (Wildman–Crippen LogP) is 3.50. The number of nitriles is 1. The van der Waals surface area contributed by atoms with E-state index in [0.717, 1.165) is 0 Å². The number of ether oxygens (including phenoxy) is 2. The Morgan fingerprint density at radius 1 is 0.967 bits per heavy atom. The van der Waals surface area contributed by atoms with Gasteiger partial charge in [-0.15, -0.1) is 0 Å². The van der Waals surface area contributed by atoms with Gasteiger partial charge < -0.3 is 20.1 Å². The molecule has 0 aliphatic rings. The van der Waals surface area contributed by atoms with Crippen LogP contribution in [0.4, 0.5) is 11.4 Å². The largest absolute Gasteiger partial charge is 0.462 e. The van der Waals surface area contributed by atoms with Crippen molar-refractivity contribution in [3.8, 4) is 6.07 Å². The van der Waals surface area contributed by atoms with E-state index in [1.54, 1.807) is 38.1 Å². The van der Waals surface area contributed by atoms with Gasteiger partial charge in [0.05, 0.1) is 30.0 Å². The van der Waals surface area contributed by atoms with E-state index in [9.17, 15) is 19.6 Å². The van der Waals surface area contributed by atoms with Crippen LogP contribution in [-0.4, -0.2) is 31.1 Å². The molecule has 2 N–H and O–H groups in total. The maximum atomic E-state index is 12.4. The fourth-order valence-electron chi connectivity index (χ4n) is 2.40. The predicted molar refractivity (Wildman–Crippen MR) is 111 cm³/mol. The van der Waals surface area contributed by atoms with Crippen molar-refractivity contribution in [2.24, 2.45) is 0 Å². The number of para-hydroxylation sites is 1. The van der Waals surface area contributed by atoms with Crippen LogP contribution in [0.5, 0.6) is 0 Å². The zero-order valence-corrected chi connectivity index (χ0v) is 16.6. The van der Waals surface area contributed by atoms with Gasteiger partial charge in [0.2, 0.25) is 0 Å². The quantitative estimate of drug-likeness (QED) is 0.391. The number of esters is 2. The van der Waals surface area contributed by atoms with Crippen molar-refractivity contribution in [2.45, 2.75) is 13.8 Å². The van der Waals surface area contributed by atoms with Gasteiger partial charge in [0.25, 0.3) is 5.91 Å². The maximum Gasteiger partial charge on any atom is 0.340 e. The highest BCUT2D eigenvalue weighted by Crippen LogP contribution is 2.17. The van der Waals surface area contributed by atoms with Gasteiger partial charge in [-0.1, -0.05) is 12.1 Å². The molecule has 0 unspecified atom stereocenters. The summed E-state index contributed by atoms with van der Waals surface area (Å²) in [5, 5.41) is 14.7. The summed E-state index contributed by atoms with van der Waals surface area (Å²) in [6.07, 6.45) is 1.21. The summed E-state index contributed by atoms with van der Waals surface area (Å²) < 4.78 is 9.89. The Kier molecular flexibility index (Phi) is 8.15. The lowest BCUT2D eigenvalue weighted by Gasteiger charge is -2.09. The van der Waals surface area contributed by atoms with Crippen LogP contribution in [0.2, 0.25) is 0 Å². The molecule has 0 aliphatic carbocycles. The SMILES string of the molecule is CCOC(=O)c1ccc(NC(=O)/C(C#N)=C\Nc2ccccc2C(=O)OCC)cc1. The van der Waals surface area contributed by atoms with Crippen LogP contribution in [0.1, 0.15) is 34.6 Å². The molecule has 1 amide bonds. The fourth-order valence-corrected chi connectivity index (χ4v) is 2.40. The number of amides is 1. The summed E-state index contributed by atoms with van der Waals surface area (Å²) in [6, 6.07) is 14.5. The van der Waals surface area contributed by atoms with Gasteiger partial charge in [-0.25, -0.2) is 9.59 Å². The van der Waals surface area contributed by atoms with Crippen LogP contribution in [0, 0.1) is 11.3 Å². The van der Waals surface area contributed by atoms with Gasteiger partial charge in [0.15, 0.2) is 0 Å². The van der Waals surface area contributed by atoms with Crippen LogP contribution in [-0.2, 0) is 14.3 Å². The van der Waals surface area contributed by atoms with E-state index < -0.39 is 17.8 Å². The van der Waals surface area contributed by atoms with Gasteiger partial charge in [-0.3, -0.25) is 4.79 Å². The number of rotatable bonds is 8. The fraction of sp³-hybridized carbons (Fsp3) is 0.182. The van der Waals surface area contributed by atoms with Gasteiger partial charge in [-0.05, 0) is 50.2 Å². The molecule has 0 atom stereocenters. The number of nitrogens with zero attached hydrogens (tertiary/aromatic N) is 1. The lowest BCUT2D eigenvalue weighted by atomic mass is 10.1. The number of carbonyl (C=O) groups excluding carboxylic acids is 3. The molecule has 0 heterocycles. The summed E-state index contributed by atoms with van der Waals surface area (Å²) >= 11 is 0. The molecule has 8 nitrogen and oxygen atoms in total. The van der Waals surface area contributed by atoms with Crippen LogP contribution < -0.4 is 10.6 Å². The number of hydrogen-bond donors (Lipinski definition) is 2. The van der Waals surface area contributed by atoms with E-state index in [-0.39, 0.29) is 24.4 Å². The highest BCUT2D eigenvalue weighted by atomic mass is 16.5. The van der Waals surface area contributed by atoms with Crippen molar-refractivity contribution >= 4 is 29.2 Å². The van der Waals surface area contributed by atoms with Crippen LogP contribution in [0.25, 0.3) is 0 Å². The lowest BCUT2D eigenvalue weighted by Crippen LogP contribution is -2.15. The molecule has 8 heteroatoms. The standard InChI is InChI=1S/C22H21N3O5/c1-3-29-21(27)15-9-11-17(12-10-15)25-20(26)16(13-23)14-24-19-8-6-5-7-18(19)22(28)30-4-2/h5-12,14,24H,3-4H2,1-2H3,(H,25,26)/b16-14-. The van der Waals surface area contributed by atoms with Crippen molar-refractivity contribution in [2.75, 3.05) is 23.8 Å². The lowest BCUT2D eigenvalue weighted by molar-refractivity contribution is -0.112. The van der Waals surface area contributed by atoms with E-state index in [1.807, 2.05) is 6.07 Å². The Bertz CT molecular complexity index is 991. The number of carbonyl (C=O) groups is 3. The van der Waals surface area contributed by atoms with Crippen LogP contribution >= 0.6 is 0 Å². The molecule has 0 aromatic heterocycles. The first-order chi connectivity index (χ1) is 14.5. The molecule has 0 bridgehead atoms. The minimum absolute atomic E-state index is 0.205. The first-order valence-corrected chi connectivity index (χ1v) is 9.21.